The molecule has 112 valence electrons. The summed E-state index contributed by atoms with van der Waals surface area (Å²) in [6.45, 7) is 4.05. The van der Waals surface area contributed by atoms with Crippen LogP contribution in [0.2, 0.25) is 0 Å². The number of hydrogen-bond donors (Lipinski definition) is 2. The van der Waals surface area contributed by atoms with Crippen molar-refractivity contribution in [1.29, 1.82) is 0 Å². The normalized spacial score (nSPS) is 10.5. The van der Waals surface area contributed by atoms with E-state index in [1.165, 1.54) is 13.0 Å². The van der Waals surface area contributed by atoms with Gasteiger partial charge in [-0.05, 0) is 25.0 Å². The molecule has 0 unspecified atom stereocenters. The van der Waals surface area contributed by atoms with Crippen molar-refractivity contribution in [3.8, 4) is 0 Å². The number of aromatic nitrogens is 2. The lowest BCUT2D eigenvalue weighted by Gasteiger charge is -2.11. The van der Waals surface area contributed by atoms with E-state index < -0.39 is 23.1 Å². The van der Waals surface area contributed by atoms with E-state index in [0.29, 0.717) is 6.54 Å². The van der Waals surface area contributed by atoms with Gasteiger partial charge in [0.05, 0.1) is 6.20 Å². The van der Waals surface area contributed by atoms with Crippen LogP contribution in [0.1, 0.15) is 18.9 Å². The zero-order valence-corrected chi connectivity index (χ0v) is 11.7. The van der Waals surface area contributed by atoms with Crippen molar-refractivity contribution in [2.24, 2.45) is 0 Å². The fourth-order valence-electron chi connectivity index (χ4n) is 1.67. The third-order valence-electron chi connectivity index (χ3n) is 2.80. The molecular weight excluding hydrogens is 281 g/mol. The van der Waals surface area contributed by atoms with Crippen molar-refractivity contribution in [1.82, 2.24) is 9.97 Å². The van der Waals surface area contributed by atoms with E-state index >= 15 is 0 Å². The Morgan fingerprint density at radius 2 is 1.90 bits per heavy atom. The lowest BCUT2D eigenvalue weighted by molar-refractivity contribution is 0.582. The number of hydrogen-bond acceptors (Lipinski definition) is 4. The molecule has 0 radical (unpaired) electrons. The first-order chi connectivity index (χ1) is 10.0. The van der Waals surface area contributed by atoms with E-state index in [1.807, 2.05) is 6.92 Å². The molecule has 0 aliphatic heterocycles. The van der Waals surface area contributed by atoms with Gasteiger partial charge in [0.15, 0.2) is 17.5 Å². The summed E-state index contributed by atoms with van der Waals surface area (Å²) in [5, 5.41) is 5.22. The third kappa shape index (κ3) is 3.42. The zero-order valence-electron chi connectivity index (χ0n) is 11.7. The molecule has 0 amide bonds. The SMILES string of the molecule is CCCNc1ncc(F)c(Nc2c(F)ccc(C)c2F)n1. The van der Waals surface area contributed by atoms with Gasteiger partial charge in [0.2, 0.25) is 5.95 Å². The molecule has 0 aliphatic rings. The molecule has 1 aromatic heterocycles. The molecule has 0 saturated heterocycles. The molecule has 4 nitrogen and oxygen atoms in total. The van der Waals surface area contributed by atoms with E-state index in [4.69, 9.17) is 0 Å². The second-order valence-electron chi connectivity index (χ2n) is 4.50. The maximum atomic E-state index is 13.9. The number of rotatable bonds is 5. The average molecular weight is 296 g/mol. The molecule has 0 atom stereocenters. The van der Waals surface area contributed by atoms with E-state index in [9.17, 15) is 13.2 Å². The number of aryl methyl sites for hydroxylation is 1. The fraction of sp³-hybridized carbons (Fsp3) is 0.286. The van der Waals surface area contributed by atoms with Gasteiger partial charge in [-0.15, -0.1) is 0 Å². The Morgan fingerprint density at radius 3 is 2.62 bits per heavy atom. The molecule has 0 aliphatic carbocycles. The van der Waals surface area contributed by atoms with Gasteiger partial charge in [-0.2, -0.15) is 4.98 Å². The summed E-state index contributed by atoms with van der Waals surface area (Å²) in [5.74, 6) is -2.49. The van der Waals surface area contributed by atoms with Crippen LogP contribution in [0.4, 0.5) is 30.6 Å². The molecule has 7 heteroatoms. The highest BCUT2D eigenvalue weighted by atomic mass is 19.1. The highest BCUT2D eigenvalue weighted by molar-refractivity contribution is 5.60. The topological polar surface area (TPSA) is 49.8 Å². The van der Waals surface area contributed by atoms with Crippen LogP contribution in [0.5, 0.6) is 0 Å². The molecule has 0 spiro atoms. The Morgan fingerprint density at radius 1 is 1.14 bits per heavy atom. The molecule has 2 rings (SSSR count). The minimum atomic E-state index is -0.820. The average Bonchev–Trinajstić information content (AvgIpc) is 2.48. The first-order valence-corrected chi connectivity index (χ1v) is 6.51. The Hall–Kier alpha value is -2.31. The molecule has 2 aromatic rings. The van der Waals surface area contributed by atoms with Gasteiger partial charge in [-0.1, -0.05) is 13.0 Å². The fourth-order valence-corrected chi connectivity index (χ4v) is 1.67. The summed E-state index contributed by atoms with van der Waals surface area (Å²) in [7, 11) is 0. The zero-order chi connectivity index (χ0) is 15.4. The Balaban J connectivity index is 2.33. The monoisotopic (exact) mass is 296 g/mol. The number of anilines is 3. The Kier molecular flexibility index (Phi) is 4.62. The van der Waals surface area contributed by atoms with Crippen molar-refractivity contribution in [3.63, 3.8) is 0 Å². The maximum Gasteiger partial charge on any atom is 0.224 e. The first-order valence-electron chi connectivity index (χ1n) is 6.51. The highest BCUT2D eigenvalue weighted by Crippen LogP contribution is 2.26. The summed E-state index contributed by atoms with van der Waals surface area (Å²) in [6, 6.07) is 2.41. The van der Waals surface area contributed by atoms with Crippen LogP contribution in [0.15, 0.2) is 18.3 Å². The van der Waals surface area contributed by atoms with Gasteiger partial charge in [-0.25, -0.2) is 18.2 Å². The van der Waals surface area contributed by atoms with Crippen LogP contribution in [0.25, 0.3) is 0 Å². The van der Waals surface area contributed by atoms with Crippen LogP contribution in [0, 0.1) is 24.4 Å². The molecular formula is C14H15F3N4. The number of nitrogens with one attached hydrogen (secondary N) is 2. The molecule has 1 aromatic carbocycles. The Bertz CT molecular complexity index is 646. The number of nitrogens with zero attached hydrogens (tertiary/aromatic N) is 2. The predicted octanol–water partition coefficient (Wildman–Crippen LogP) is 3.77. The number of benzene rings is 1. The molecule has 21 heavy (non-hydrogen) atoms. The van der Waals surface area contributed by atoms with E-state index in [2.05, 4.69) is 20.6 Å². The first kappa shape index (κ1) is 15.1. The van der Waals surface area contributed by atoms with Crippen molar-refractivity contribution < 1.29 is 13.2 Å². The highest BCUT2D eigenvalue weighted by Gasteiger charge is 2.15. The largest absolute Gasteiger partial charge is 0.354 e. The van der Waals surface area contributed by atoms with Crippen LogP contribution in [-0.2, 0) is 0 Å². The third-order valence-corrected chi connectivity index (χ3v) is 2.80. The summed E-state index contributed by atoms with van der Waals surface area (Å²) >= 11 is 0. The lowest BCUT2D eigenvalue weighted by Crippen LogP contribution is -2.08. The summed E-state index contributed by atoms with van der Waals surface area (Å²) in [4.78, 5) is 7.63. The number of halogens is 3. The summed E-state index contributed by atoms with van der Waals surface area (Å²) in [6.07, 6.45) is 1.78. The van der Waals surface area contributed by atoms with Gasteiger partial charge in [0, 0.05) is 6.54 Å². The van der Waals surface area contributed by atoms with Gasteiger partial charge in [0.25, 0.3) is 0 Å². The van der Waals surface area contributed by atoms with Crippen molar-refractivity contribution in [3.05, 3.63) is 41.3 Å². The summed E-state index contributed by atoms with van der Waals surface area (Å²) < 4.78 is 41.2. The quantitative estimate of drug-likeness (QED) is 0.882. The second-order valence-corrected chi connectivity index (χ2v) is 4.50. The van der Waals surface area contributed by atoms with Crippen LogP contribution >= 0.6 is 0 Å². The van der Waals surface area contributed by atoms with E-state index in [0.717, 1.165) is 18.7 Å². The van der Waals surface area contributed by atoms with Crippen LogP contribution in [-0.4, -0.2) is 16.5 Å². The molecule has 0 saturated carbocycles. The van der Waals surface area contributed by atoms with E-state index in [-0.39, 0.29) is 17.3 Å². The van der Waals surface area contributed by atoms with Crippen LogP contribution in [0.3, 0.4) is 0 Å². The maximum absolute atomic E-state index is 13.9. The molecule has 0 fully saturated rings. The van der Waals surface area contributed by atoms with Gasteiger partial charge in [0.1, 0.15) is 11.5 Å². The minimum Gasteiger partial charge on any atom is -0.354 e. The van der Waals surface area contributed by atoms with Gasteiger partial charge >= 0.3 is 0 Å². The predicted molar refractivity (Wildman–Crippen MR) is 75.1 cm³/mol. The Labute approximate surface area is 120 Å². The van der Waals surface area contributed by atoms with Crippen molar-refractivity contribution >= 4 is 17.5 Å². The lowest BCUT2D eigenvalue weighted by atomic mass is 10.2. The second kappa shape index (κ2) is 6.43. The summed E-state index contributed by atoms with van der Waals surface area (Å²) in [5.41, 5.74) is -0.188. The van der Waals surface area contributed by atoms with Crippen molar-refractivity contribution in [2.75, 3.05) is 17.2 Å². The smallest absolute Gasteiger partial charge is 0.224 e. The van der Waals surface area contributed by atoms with Gasteiger partial charge < -0.3 is 10.6 Å². The van der Waals surface area contributed by atoms with Crippen LogP contribution < -0.4 is 10.6 Å². The van der Waals surface area contributed by atoms with Crippen molar-refractivity contribution in [2.45, 2.75) is 20.3 Å². The molecule has 2 N–H and O–H groups in total. The molecule has 1 heterocycles. The van der Waals surface area contributed by atoms with Gasteiger partial charge in [-0.3, -0.25) is 0 Å². The minimum absolute atomic E-state index is 0.189. The standard InChI is InChI=1S/C14H15F3N4/c1-3-6-18-14-19-7-10(16)13(21-14)20-12-9(15)5-4-8(2)11(12)17/h4-5,7H,3,6H2,1-2H3,(H2,18,19,20,21). The van der Waals surface area contributed by atoms with E-state index in [1.54, 1.807) is 0 Å². The molecule has 0 bridgehead atoms.